The summed E-state index contributed by atoms with van der Waals surface area (Å²) in [5.41, 5.74) is 2.85. The molecule has 0 aromatic heterocycles. The molecule has 0 aliphatic heterocycles. The van der Waals surface area contributed by atoms with Crippen molar-refractivity contribution in [2.24, 2.45) is 0 Å². The van der Waals surface area contributed by atoms with Crippen molar-refractivity contribution in [2.45, 2.75) is 51.9 Å². The lowest BCUT2D eigenvalue weighted by atomic mass is 9.92. The van der Waals surface area contributed by atoms with Gasteiger partial charge in [0.05, 0.1) is 0 Å². The lowest BCUT2D eigenvalue weighted by Crippen LogP contribution is -2.35. The summed E-state index contributed by atoms with van der Waals surface area (Å²) < 4.78 is 0. The van der Waals surface area contributed by atoms with Crippen molar-refractivity contribution < 1.29 is 0 Å². The fraction of sp³-hybridized carbons (Fsp3) is 0.520. The molecule has 0 fully saturated rings. The highest BCUT2D eigenvalue weighted by atomic mass is 15.1. The van der Waals surface area contributed by atoms with E-state index in [1.165, 1.54) is 49.9 Å². The second kappa shape index (κ2) is 13.5. The summed E-state index contributed by atoms with van der Waals surface area (Å²) in [5, 5.41) is 3.75. The Bertz CT molecular complexity index is 574. The zero-order chi connectivity index (χ0) is 19.2. The average molecular weight is 367 g/mol. The smallest absolute Gasteiger partial charge is 0.0107 e. The van der Waals surface area contributed by atoms with Gasteiger partial charge in [0.15, 0.2) is 0 Å². The number of unbranched alkanes of at least 4 members (excludes halogenated alkanes) is 2. The van der Waals surface area contributed by atoms with Crippen molar-refractivity contribution in [1.82, 2.24) is 10.2 Å². The number of hydrogen-bond acceptors (Lipinski definition) is 2. The Morgan fingerprint density at radius 1 is 0.778 bits per heavy atom. The maximum atomic E-state index is 3.75. The monoisotopic (exact) mass is 366 g/mol. The predicted molar refractivity (Wildman–Crippen MR) is 118 cm³/mol. The normalized spacial score (nSPS) is 12.4. The second-order valence-corrected chi connectivity index (χ2v) is 7.55. The Hall–Kier alpha value is -1.64. The lowest BCUT2D eigenvalue weighted by Gasteiger charge is -2.23. The van der Waals surface area contributed by atoms with E-state index in [1.54, 1.807) is 0 Å². The Morgan fingerprint density at radius 2 is 1.37 bits per heavy atom. The van der Waals surface area contributed by atoms with Crippen LogP contribution in [-0.4, -0.2) is 37.6 Å². The fourth-order valence-electron chi connectivity index (χ4n) is 3.54. The van der Waals surface area contributed by atoms with Gasteiger partial charge < -0.3 is 10.2 Å². The first-order chi connectivity index (χ1) is 13.3. The Kier molecular flexibility index (Phi) is 10.8. The number of nitrogens with zero attached hydrogens (tertiary/aromatic N) is 1. The van der Waals surface area contributed by atoms with Gasteiger partial charge in [-0.15, -0.1) is 0 Å². The number of rotatable bonds is 14. The molecule has 0 aliphatic carbocycles. The molecule has 2 aromatic rings. The molecule has 1 unspecified atom stereocenters. The summed E-state index contributed by atoms with van der Waals surface area (Å²) in [6.45, 7) is 10.3. The average Bonchev–Trinajstić information content (AvgIpc) is 2.73. The summed E-state index contributed by atoms with van der Waals surface area (Å²) in [5.74, 6) is 0.522. The van der Waals surface area contributed by atoms with Gasteiger partial charge >= 0.3 is 0 Å². The van der Waals surface area contributed by atoms with Gasteiger partial charge in [-0.3, -0.25) is 0 Å². The first-order valence-electron chi connectivity index (χ1n) is 10.9. The predicted octanol–water partition coefficient (Wildman–Crippen LogP) is 5.50. The van der Waals surface area contributed by atoms with Crippen LogP contribution in [0.3, 0.4) is 0 Å². The zero-order valence-electron chi connectivity index (χ0n) is 17.4. The van der Waals surface area contributed by atoms with E-state index >= 15 is 0 Å². The van der Waals surface area contributed by atoms with Crippen LogP contribution in [0, 0.1) is 0 Å². The van der Waals surface area contributed by atoms with Crippen LogP contribution < -0.4 is 5.32 Å². The first kappa shape index (κ1) is 21.7. The van der Waals surface area contributed by atoms with E-state index in [-0.39, 0.29) is 0 Å². The van der Waals surface area contributed by atoms with Crippen LogP contribution in [0.25, 0.3) is 0 Å². The third kappa shape index (κ3) is 8.73. The number of benzene rings is 2. The van der Waals surface area contributed by atoms with Crippen molar-refractivity contribution in [1.29, 1.82) is 0 Å². The highest BCUT2D eigenvalue weighted by molar-refractivity contribution is 5.24. The molecule has 2 nitrogen and oxygen atoms in total. The van der Waals surface area contributed by atoms with E-state index in [4.69, 9.17) is 0 Å². The summed E-state index contributed by atoms with van der Waals surface area (Å²) in [4.78, 5) is 2.63. The van der Waals surface area contributed by atoms with Gasteiger partial charge in [0.25, 0.3) is 0 Å². The summed E-state index contributed by atoms with van der Waals surface area (Å²) in [6.07, 6.45) is 6.27. The minimum absolute atomic E-state index is 0.522. The first-order valence-corrected chi connectivity index (χ1v) is 10.9. The van der Waals surface area contributed by atoms with Gasteiger partial charge in [0.2, 0.25) is 0 Å². The van der Waals surface area contributed by atoms with Crippen molar-refractivity contribution in [3.05, 3.63) is 71.8 Å². The SMILES string of the molecule is CCCCN(CCCC)CCNCC(Cc1ccccc1)c1ccccc1. The lowest BCUT2D eigenvalue weighted by molar-refractivity contribution is 0.264. The van der Waals surface area contributed by atoms with E-state index < -0.39 is 0 Å². The van der Waals surface area contributed by atoms with Crippen molar-refractivity contribution in [3.63, 3.8) is 0 Å². The Labute approximate surface area is 167 Å². The third-order valence-corrected chi connectivity index (χ3v) is 5.25. The van der Waals surface area contributed by atoms with E-state index in [0.29, 0.717) is 5.92 Å². The maximum absolute atomic E-state index is 3.75. The van der Waals surface area contributed by atoms with Gasteiger partial charge in [-0.05, 0) is 43.5 Å². The molecule has 1 N–H and O–H groups in total. The largest absolute Gasteiger partial charge is 0.315 e. The Balaban J connectivity index is 1.85. The molecule has 0 saturated carbocycles. The van der Waals surface area contributed by atoms with Crippen LogP contribution in [0.1, 0.15) is 56.6 Å². The molecule has 27 heavy (non-hydrogen) atoms. The van der Waals surface area contributed by atoms with Crippen molar-refractivity contribution in [2.75, 3.05) is 32.7 Å². The fourth-order valence-corrected chi connectivity index (χ4v) is 3.54. The van der Waals surface area contributed by atoms with Crippen molar-refractivity contribution >= 4 is 0 Å². The van der Waals surface area contributed by atoms with Gasteiger partial charge in [0.1, 0.15) is 0 Å². The van der Waals surface area contributed by atoms with Gasteiger partial charge in [0, 0.05) is 25.6 Å². The molecule has 2 rings (SSSR count). The third-order valence-electron chi connectivity index (χ3n) is 5.25. The molecule has 0 radical (unpaired) electrons. The topological polar surface area (TPSA) is 15.3 Å². The van der Waals surface area contributed by atoms with E-state index in [1.807, 2.05) is 0 Å². The second-order valence-electron chi connectivity index (χ2n) is 7.55. The molecule has 148 valence electrons. The summed E-state index contributed by atoms with van der Waals surface area (Å²) in [6, 6.07) is 21.8. The molecular formula is C25H38N2. The van der Waals surface area contributed by atoms with Crippen molar-refractivity contribution in [3.8, 4) is 0 Å². The molecule has 0 saturated heterocycles. The van der Waals surface area contributed by atoms with Crippen LogP contribution in [0.5, 0.6) is 0 Å². The van der Waals surface area contributed by atoms with Crippen LogP contribution in [0.4, 0.5) is 0 Å². The summed E-state index contributed by atoms with van der Waals surface area (Å²) in [7, 11) is 0. The highest BCUT2D eigenvalue weighted by Crippen LogP contribution is 2.20. The van der Waals surface area contributed by atoms with E-state index in [0.717, 1.165) is 26.1 Å². The van der Waals surface area contributed by atoms with Crippen LogP contribution >= 0.6 is 0 Å². The molecule has 2 aromatic carbocycles. The maximum Gasteiger partial charge on any atom is 0.0107 e. The zero-order valence-corrected chi connectivity index (χ0v) is 17.4. The van der Waals surface area contributed by atoms with E-state index in [9.17, 15) is 0 Å². The standard InChI is InChI=1S/C25H38N2/c1-3-5-18-27(19-6-4-2)20-17-26-22-25(24-15-11-8-12-16-24)21-23-13-9-7-10-14-23/h7-16,25-26H,3-6,17-22H2,1-2H3. The Morgan fingerprint density at radius 3 is 1.96 bits per heavy atom. The molecule has 0 bridgehead atoms. The number of nitrogens with one attached hydrogen (secondary N) is 1. The van der Waals surface area contributed by atoms with Gasteiger partial charge in [-0.1, -0.05) is 87.4 Å². The molecule has 0 spiro atoms. The minimum atomic E-state index is 0.522. The van der Waals surface area contributed by atoms with Crippen LogP contribution in [0.15, 0.2) is 60.7 Å². The van der Waals surface area contributed by atoms with Crippen LogP contribution in [-0.2, 0) is 6.42 Å². The molecule has 0 aliphatic rings. The van der Waals surface area contributed by atoms with Gasteiger partial charge in [-0.2, -0.15) is 0 Å². The highest BCUT2D eigenvalue weighted by Gasteiger charge is 2.12. The van der Waals surface area contributed by atoms with Crippen LogP contribution in [0.2, 0.25) is 0 Å². The van der Waals surface area contributed by atoms with E-state index in [2.05, 4.69) is 84.7 Å². The minimum Gasteiger partial charge on any atom is -0.315 e. The molecule has 0 amide bonds. The summed E-state index contributed by atoms with van der Waals surface area (Å²) >= 11 is 0. The molecular weight excluding hydrogens is 328 g/mol. The molecule has 0 heterocycles. The quantitative estimate of drug-likeness (QED) is 0.444. The van der Waals surface area contributed by atoms with Gasteiger partial charge in [-0.25, -0.2) is 0 Å². The number of hydrogen-bond donors (Lipinski definition) is 1. The molecule has 1 atom stereocenters. The molecule has 2 heteroatoms.